The number of fused-ring (bicyclic) bond motifs is 1. The van der Waals surface area contributed by atoms with E-state index in [9.17, 15) is 0 Å². The fraction of sp³-hybridized carbons (Fsp3) is 0.440. The number of para-hydroxylation sites is 1. The summed E-state index contributed by atoms with van der Waals surface area (Å²) in [6.45, 7) is 7.26. The molecule has 0 radical (unpaired) electrons. The highest BCUT2D eigenvalue weighted by Gasteiger charge is 2.33. The highest BCUT2D eigenvalue weighted by atomic mass is 32.2. The summed E-state index contributed by atoms with van der Waals surface area (Å²) in [5.74, 6) is 3.64. The number of ether oxygens (including phenoxy) is 2. The zero-order valence-corrected chi connectivity index (χ0v) is 22.0. The second kappa shape index (κ2) is 10.4. The van der Waals surface area contributed by atoms with Crippen molar-refractivity contribution >= 4 is 17.9 Å². The summed E-state index contributed by atoms with van der Waals surface area (Å²) >= 11 is 1.56. The van der Waals surface area contributed by atoms with Gasteiger partial charge >= 0.3 is 0 Å². The number of nitrogens with one attached hydrogen (secondary N) is 2. The van der Waals surface area contributed by atoms with Crippen LogP contribution in [0.3, 0.4) is 0 Å². The number of methoxy groups -OCH3 is 2. The van der Waals surface area contributed by atoms with E-state index in [0.29, 0.717) is 17.4 Å². The largest absolute Gasteiger partial charge is 0.494 e. The molecule has 2 aromatic heterocycles. The van der Waals surface area contributed by atoms with Crippen molar-refractivity contribution < 1.29 is 9.47 Å². The van der Waals surface area contributed by atoms with Gasteiger partial charge < -0.3 is 14.5 Å². The SMILES string of the molecule is COc1cccc(OC)c1-n1c(NSC(C)C(C)c2ncc(C)cn2)nnc1C1C=C2CCCN2N1. The molecule has 0 amide bonds. The Labute approximate surface area is 215 Å². The maximum atomic E-state index is 5.74. The van der Waals surface area contributed by atoms with Crippen LogP contribution in [0.2, 0.25) is 0 Å². The molecule has 1 saturated heterocycles. The lowest BCUT2D eigenvalue weighted by Crippen LogP contribution is -2.32. The molecule has 5 rings (SSSR count). The number of benzene rings is 1. The van der Waals surface area contributed by atoms with Gasteiger partial charge in [0.25, 0.3) is 0 Å². The average Bonchev–Trinajstić information content (AvgIpc) is 3.61. The zero-order valence-electron chi connectivity index (χ0n) is 21.2. The first-order valence-corrected chi connectivity index (χ1v) is 13.0. The molecule has 10 nitrogen and oxygen atoms in total. The van der Waals surface area contributed by atoms with Gasteiger partial charge in [-0.1, -0.05) is 19.9 Å². The number of aryl methyl sites for hydroxylation is 1. The van der Waals surface area contributed by atoms with Crippen molar-refractivity contribution in [3.8, 4) is 17.2 Å². The van der Waals surface area contributed by atoms with E-state index in [1.165, 1.54) is 5.70 Å². The van der Waals surface area contributed by atoms with E-state index >= 15 is 0 Å². The quantitative estimate of drug-likeness (QED) is 0.409. The number of hydrogen-bond acceptors (Lipinski definition) is 10. The Kier molecular flexibility index (Phi) is 7.01. The molecule has 0 aliphatic carbocycles. The number of hydrogen-bond donors (Lipinski definition) is 2. The fourth-order valence-corrected chi connectivity index (χ4v) is 5.23. The van der Waals surface area contributed by atoms with Crippen LogP contribution in [-0.4, -0.2) is 55.8 Å². The third kappa shape index (κ3) is 4.60. The molecular weight excluding hydrogens is 476 g/mol. The van der Waals surface area contributed by atoms with Gasteiger partial charge in [0.1, 0.15) is 29.1 Å². The Hall–Kier alpha value is -3.31. The number of anilines is 1. The normalized spacial score (nSPS) is 18.5. The summed E-state index contributed by atoms with van der Waals surface area (Å²) in [7, 11) is 3.31. The third-order valence-corrected chi connectivity index (χ3v) is 7.74. The Balaban J connectivity index is 1.48. The van der Waals surface area contributed by atoms with Crippen molar-refractivity contribution in [1.29, 1.82) is 0 Å². The van der Waals surface area contributed by atoms with Crippen molar-refractivity contribution in [2.75, 3.05) is 25.5 Å². The second-order valence-electron chi connectivity index (χ2n) is 9.08. The molecule has 1 fully saturated rings. The zero-order chi connectivity index (χ0) is 25.2. The van der Waals surface area contributed by atoms with E-state index in [1.54, 1.807) is 26.2 Å². The Morgan fingerprint density at radius 3 is 2.50 bits per heavy atom. The molecule has 36 heavy (non-hydrogen) atoms. The minimum absolute atomic E-state index is 0.111. The van der Waals surface area contributed by atoms with Gasteiger partial charge in [-0.15, -0.1) is 10.2 Å². The lowest BCUT2D eigenvalue weighted by Gasteiger charge is -2.22. The minimum Gasteiger partial charge on any atom is -0.494 e. The van der Waals surface area contributed by atoms with Crippen molar-refractivity contribution in [1.82, 2.24) is 35.2 Å². The molecule has 2 N–H and O–H groups in total. The van der Waals surface area contributed by atoms with Gasteiger partial charge in [0.15, 0.2) is 5.82 Å². The van der Waals surface area contributed by atoms with Gasteiger partial charge in [-0.05, 0) is 55.5 Å². The maximum Gasteiger partial charge on any atom is 0.239 e. The van der Waals surface area contributed by atoms with Gasteiger partial charge in [0.05, 0.1) is 14.2 Å². The molecule has 190 valence electrons. The molecule has 3 unspecified atom stereocenters. The average molecular weight is 509 g/mol. The first kappa shape index (κ1) is 24.4. The number of rotatable bonds is 9. The molecule has 1 aromatic carbocycles. The predicted molar refractivity (Wildman–Crippen MR) is 140 cm³/mol. The third-order valence-electron chi connectivity index (χ3n) is 6.66. The van der Waals surface area contributed by atoms with Crippen LogP contribution in [0.4, 0.5) is 5.95 Å². The van der Waals surface area contributed by atoms with Gasteiger partial charge in [-0.2, -0.15) is 0 Å². The highest BCUT2D eigenvalue weighted by molar-refractivity contribution is 8.01. The van der Waals surface area contributed by atoms with Crippen LogP contribution < -0.4 is 19.6 Å². The molecule has 2 aliphatic heterocycles. The maximum absolute atomic E-state index is 5.74. The van der Waals surface area contributed by atoms with Crippen LogP contribution in [-0.2, 0) is 0 Å². The summed E-state index contributed by atoms with van der Waals surface area (Å²) < 4.78 is 16.9. The topological polar surface area (TPSA) is 102 Å². The smallest absolute Gasteiger partial charge is 0.239 e. The van der Waals surface area contributed by atoms with Crippen molar-refractivity contribution in [3.63, 3.8) is 0 Å². The van der Waals surface area contributed by atoms with Gasteiger partial charge in [0.2, 0.25) is 5.95 Å². The first-order chi connectivity index (χ1) is 17.5. The summed E-state index contributed by atoms with van der Waals surface area (Å²) in [4.78, 5) is 9.02. The first-order valence-electron chi connectivity index (χ1n) is 12.1. The number of nitrogens with zero attached hydrogens (tertiary/aromatic N) is 6. The number of allylic oxidation sites excluding steroid dienone is 1. The second-order valence-corrected chi connectivity index (χ2v) is 10.3. The summed E-state index contributed by atoms with van der Waals surface area (Å²) in [5, 5.41) is 11.5. The molecule has 4 heterocycles. The molecule has 0 saturated carbocycles. The fourth-order valence-electron chi connectivity index (χ4n) is 4.48. The van der Waals surface area contributed by atoms with Crippen molar-refractivity contribution in [2.24, 2.45) is 0 Å². The number of hydrazine groups is 1. The van der Waals surface area contributed by atoms with Crippen molar-refractivity contribution in [2.45, 2.75) is 50.8 Å². The molecule has 3 atom stereocenters. The predicted octanol–water partition coefficient (Wildman–Crippen LogP) is 4.17. The molecule has 2 aliphatic rings. The lowest BCUT2D eigenvalue weighted by molar-refractivity contribution is 0.283. The minimum atomic E-state index is -0.111. The summed E-state index contributed by atoms with van der Waals surface area (Å²) in [5.41, 5.74) is 6.66. The van der Waals surface area contributed by atoms with Crippen LogP contribution in [0, 0.1) is 6.92 Å². The van der Waals surface area contributed by atoms with Crippen molar-refractivity contribution in [3.05, 3.63) is 59.6 Å². The van der Waals surface area contributed by atoms with E-state index in [1.807, 2.05) is 42.1 Å². The molecule has 11 heteroatoms. The van der Waals surface area contributed by atoms with E-state index < -0.39 is 0 Å². The monoisotopic (exact) mass is 508 g/mol. The van der Waals surface area contributed by atoms with E-state index in [2.05, 4.69) is 55.2 Å². The van der Waals surface area contributed by atoms with Crippen LogP contribution >= 0.6 is 11.9 Å². The van der Waals surface area contributed by atoms with Crippen LogP contribution in [0.5, 0.6) is 11.5 Å². The standard InChI is InChI=1S/C25H32N8O2S/c1-15-13-26-23(27-14-15)16(2)17(3)36-31-25-29-28-24(19-12-18-8-7-11-32(18)30-19)33(25)22-20(34-4)9-6-10-21(22)35-5/h6,9-10,12-14,16-17,19,30H,7-8,11H2,1-5H3,(H,29,31). The Bertz CT molecular complexity index is 1220. The Morgan fingerprint density at radius 2 is 1.83 bits per heavy atom. The molecule has 0 bridgehead atoms. The molecule has 0 spiro atoms. The van der Waals surface area contributed by atoms with E-state index in [0.717, 1.165) is 42.3 Å². The van der Waals surface area contributed by atoms with E-state index in [-0.39, 0.29) is 17.2 Å². The Morgan fingerprint density at radius 1 is 1.11 bits per heavy atom. The lowest BCUT2D eigenvalue weighted by atomic mass is 10.1. The highest BCUT2D eigenvalue weighted by Crippen LogP contribution is 2.39. The van der Waals surface area contributed by atoms with Gasteiger partial charge in [0, 0.05) is 35.8 Å². The van der Waals surface area contributed by atoms with Gasteiger partial charge in [-0.3, -0.25) is 9.29 Å². The van der Waals surface area contributed by atoms with Crippen LogP contribution in [0.15, 0.2) is 42.4 Å². The number of aromatic nitrogens is 5. The van der Waals surface area contributed by atoms with E-state index in [4.69, 9.17) is 9.47 Å². The van der Waals surface area contributed by atoms with Crippen LogP contribution in [0.25, 0.3) is 5.69 Å². The summed E-state index contributed by atoms with van der Waals surface area (Å²) in [6, 6.07) is 5.62. The summed E-state index contributed by atoms with van der Waals surface area (Å²) in [6.07, 6.45) is 8.16. The van der Waals surface area contributed by atoms with Gasteiger partial charge in [-0.25, -0.2) is 15.4 Å². The molecule has 3 aromatic rings. The molecular formula is C25H32N8O2S. The van der Waals surface area contributed by atoms with Crippen LogP contribution in [0.1, 0.15) is 55.9 Å².